The summed E-state index contributed by atoms with van der Waals surface area (Å²) in [6.45, 7) is 3.14. The van der Waals surface area contributed by atoms with E-state index in [1.807, 2.05) is 12.4 Å². The van der Waals surface area contributed by atoms with Crippen LogP contribution < -0.4 is 5.73 Å². The van der Waals surface area contributed by atoms with Crippen LogP contribution in [0.4, 0.5) is 0 Å². The van der Waals surface area contributed by atoms with Gasteiger partial charge in [0.05, 0.1) is 0 Å². The van der Waals surface area contributed by atoms with Crippen LogP contribution in [0.5, 0.6) is 0 Å². The maximum absolute atomic E-state index is 6.11. The van der Waals surface area contributed by atoms with Gasteiger partial charge in [-0.3, -0.25) is 0 Å². The maximum atomic E-state index is 6.11. The molecule has 0 bridgehead atoms. The number of nitrogens with two attached hydrogens (primary N) is 1. The molecule has 19 heavy (non-hydrogen) atoms. The Hall–Kier alpha value is -0.830. The van der Waals surface area contributed by atoms with Gasteiger partial charge in [0.2, 0.25) is 0 Å². The molecule has 0 unspecified atom stereocenters. The van der Waals surface area contributed by atoms with Crippen LogP contribution in [0.3, 0.4) is 0 Å². The first-order valence-electron chi connectivity index (χ1n) is 7.85. The Morgan fingerprint density at radius 3 is 2.68 bits per heavy atom. The quantitative estimate of drug-likeness (QED) is 0.856. The minimum atomic E-state index is 0.385. The fourth-order valence-corrected chi connectivity index (χ4v) is 3.56. The summed E-state index contributed by atoms with van der Waals surface area (Å²) in [5, 5.41) is 0. The molecule has 1 saturated carbocycles. The third-order valence-corrected chi connectivity index (χ3v) is 5.10. The molecule has 0 atom stereocenters. The lowest BCUT2D eigenvalue weighted by atomic mass is 9.67. The van der Waals surface area contributed by atoms with Crippen LogP contribution in [0, 0.1) is 11.3 Å². The summed E-state index contributed by atoms with van der Waals surface area (Å²) in [4.78, 5) is 4.43. The van der Waals surface area contributed by atoms with Crippen molar-refractivity contribution in [1.82, 2.24) is 9.55 Å². The Labute approximate surface area is 117 Å². The number of hydrogen-bond acceptors (Lipinski definition) is 2. The van der Waals surface area contributed by atoms with E-state index < -0.39 is 0 Å². The van der Waals surface area contributed by atoms with Crippen molar-refractivity contribution >= 4 is 0 Å². The highest BCUT2D eigenvalue weighted by Crippen LogP contribution is 2.42. The third-order valence-electron chi connectivity index (χ3n) is 5.10. The minimum absolute atomic E-state index is 0.385. The summed E-state index contributed by atoms with van der Waals surface area (Å²) in [5.41, 5.74) is 6.49. The molecule has 0 aromatic carbocycles. The molecule has 0 saturated heterocycles. The number of imidazole rings is 1. The molecular formula is C16H29N3. The van der Waals surface area contributed by atoms with Gasteiger partial charge in [0.25, 0.3) is 0 Å². The van der Waals surface area contributed by atoms with Crippen molar-refractivity contribution < 1.29 is 0 Å². The molecule has 0 spiro atoms. The van der Waals surface area contributed by atoms with Crippen LogP contribution in [0.25, 0.3) is 0 Å². The number of aromatic nitrogens is 2. The SMILES string of the molecule is CCCC1CCC(CN)(CCc2nccn2C)CC1. The van der Waals surface area contributed by atoms with E-state index in [1.54, 1.807) is 0 Å². The van der Waals surface area contributed by atoms with Crippen molar-refractivity contribution in [3.05, 3.63) is 18.2 Å². The summed E-state index contributed by atoms with van der Waals surface area (Å²) in [7, 11) is 2.08. The normalized spacial score (nSPS) is 27.6. The zero-order valence-corrected chi connectivity index (χ0v) is 12.6. The summed E-state index contributed by atoms with van der Waals surface area (Å²) < 4.78 is 2.13. The Balaban J connectivity index is 1.88. The lowest BCUT2D eigenvalue weighted by molar-refractivity contribution is 0.139. The molecule has 1 heterocycles. The van der Waals surface area contributed by atoms with Gasteiger partial charge in [0.1, 0.15) is 5.82 Å². The first kappa shape index (κ1) is 14.6. The summed E-state index contributed by atoms with van der Waals surface area (Å²) in [5.74, 6) is 2.15. The van der Waals surface area contributed by atoms with Crippen LogP contribution in [0.2, 0.25) is 0 Å². The van der Waals surface area contributed by atoms with Crippen molar-refractivity contribution in [3.8, 4) is 0 Å². The van der Waals surface area contributed by atoms with Gasteiger partial charge in [-0.1, -0.05) is 19.8 Å². The molecular weight excluding hydrogens is 234 g/mol. The predicted molar refractivity (Wildman–Crippen MR) is 79.9 cm³/mol. The van der Waals surface area contributed by atoms with E-state index in [2.05, 4.69) is 23.5 Å². The zero-order chi connectivity index (χ0) is 13.7. The highest BCUT2D eigenvalue weighted by Gasteiger charge is 2.33. The molecule has 1 aliphatic rings. The van der Waals surface area contributed by atoms with Crippen molar-refractivity contribution in [2.75, 3.05) is 6.54 Å². The van der Waals surface area contributed by atoms with Crippen molar-refractivity contribution in [2.24, 2.45) is 24.1 Å². The molecule has 1 aromatic rings. The number of hydrogen-bond donors (Lipinski definition) is 1. The van der Waals surface area contributed by atoms with E-state index in [-0.39, 0.29) is 0 Å². The Morgan fingerprint density at radius 2 is 2.16 bits per heavy atom. The molecule has 1 fully saturated rings. The molecule has 1 aliphatic carbocycles. The molecule has 0 radical (unpaired) electrons. The van der Waals surface area contributed by atoms with Crippen molar-refractivity contribution in [3.63, 3.8) is 0 Å². The molecule has 1 aromatic heterocycles. The fraction of sp³-hybridized carbons (Fsp3) is 0.812. The maximum Gasteiger partial charge on any atom is 0.108 e. The summed E-state index contributed by atoms with van der Waals surface area (Å²) in [6.07, 6.45) is 14.3. The monoisotopic (exact) mass is 263 g/mol. The lowest BCUT2D eigenvalue weighted by Crippen LogP contribution is -2.35. The Morgan fingerprint density at radius 1 is 1.42 bits per heavy atom. The van der Waals surface area contributed by atoms with E-state index in [1.165, 1.54) is 50.8 Å². The molecule has 2 N–H and O–H groups in total. The van der Waals surface area contributed by atoms with Crippen molar-refractivity contribution in [2.45, 2.75) is 58.3 Å². The average molecular weight is 263 g/mol. The van der Waals surface area contributed by atoms with E-state index in [0.717, 1.165) is 18.9 Å². The van der Waals surface area contributed by atoms with Gasteiger partial charge < -0.3 is 10.3 Å². The number of nitrogens with zero attached hydrogens (tertiary/aromatic N) is 2. The summed E-state index contributed by atoms with van der Waals surface area (Å²) in [6, 6.07) is 0. The van der Waals surface area contributed by atoms with Crippen LogP contribution in [-0.2, 0) is 13.5 Å². The third kappa shape index (κ3) is 3.59. The average Bonchev–Trinajstić information content (AvgIpc) is 2.84. The lowest BCUT2D eigenvalue weighted by Gasteiger charge is -2.39. The number of rotatable bonds is 6. The Bertz CT molecular complexity index is 375. The molecule has 3 heteroatoms. The van der Waals surface area contributed by atoms with E-state index in [0.29, 0.717) is 5.41 Å². The van der Waals surface area contributed by atoms with E-state index >= 15 is 0 Å². The van der Waals surface area contributed by atoms with Crippen LogP contribution in [0.1, 0.15) is 57.7 Å². The molecule has 2 rings (SSSR count). The van der Waals surface area contributed by atoms with Crippen LogP contribution in [-0.4, -0.2) is 16.1 Å². The number of aryl methyl sites for hydroxylation is 2. The molecule has 0 amide bonds. The smallest absolute Gasteiger partial charge is 0.108 e. The predicted octanol–water partition coefficient (Wildman–Crippen LogP) is 3.29. The zero-order valence-electron chi connectivity index (χ0n) is 12.6. The second kappa shape index (κ2) is 6.56. The molecule has 3 nitrogen and oxygen atoms in total. The van der Waals surface area contributed by atoms with Gasteiger partial charge in [-0.05, 0) is 50.0 Å². The first-order chi connectivity index (χ1) is 9.19. The van der Waals surface area contributed by atoms with E-state index in [4.69, 9.17) is 5.73 Å². The van der Waals surface area contributed by atoms with Gasteiger partial charge in [-0.2, -0.15) is 0 Å². The second-order valence-electron chi connectivity index (χ2n) is 6.39. The summed E-state index contributed by atoms with van der Waals surface area (Å²) >= 11 is 0. The molecule has 108 valence electrons. The Kier molecular flexibility index (Phi) is 5.03. The fourth-order valence-electron chi connectivity index (χ4n) is 3.56. The van der Waals surface area contributed by atoms with Gasteiger partial charge in [-0.25, -0.2) is 4.98 Å². The standard InChI is InChI=1S/C16H29N3/c1-3-4-14-5-8-16(13-17,9-6-14)10-7-15-18-11-12-19(15)2/h11-12,14H,3-10,13,17H2,1-2H3. The van der Waals surface area contributed by atoms with Crippen LogP contribution in [0.15, 0.2) is 12.4 Å². The van der Waals surface area contributed by atoms with Crippen molar-refractivity contribution in [1.29, 1.82) is 0 Å². The van der Waals surface area contributed by atoms with E-state index in [9.17, 15) is 0 Å². The highest BCUT2D eigenvalue weighted by atomic mass is 15.0. The van der Waals surface area contributed by atoms with Gasteiger partial charge in [0, 0.05) is 25.9 Å². The van der Waals surface area contributed by atoms with Gasteiger partial charge in [-0.15, -0.1) is 0 Å². The largest absolute Gasteiger partial charge is 0.338 e. The topological polar surface area (TPSA) is 43.8 Å². The minimum Gasteiger partial charge on any atom is -0.338 e. The molecule has 0 aliphatic heterocycles. The second-order valence-corrected chi connectivity index (χ2v) is 6.39. The first-order valence-corrected chi connectivity index (χ1v) is 7.85. The van der Waals surface area contributed by atoms with Crippen LogP contribution >= 0.6 is 0 Å². The van der Waals surface area contributed by atoms with Gasteiger partial charge in [0.15, 0.2) is 0 Å². The van der Waals surface area contributed by atoms with Gasteiger partial charge >= 0.3 is 0 Å². The highest BCUT2D eigenvalue weighted by molar-refractivity contribution is 4.95.